The molecule has 100 valence electrons. The van der Waals surface area contributed by atoms with Crippen LogP contribution in [0.4, 0.5) is 0 Å². The van der Waals surface area contributed by atoms with Crippen molar-refractivity contribution in [1.29, 1.82) is 0 Å². The Balaban J connectivity index is 1.75. The zero-order valence-electron chi connectivity index (χ0n) is 10.5. The van der Waals surface area contributed by atoms with E-state index in [-0.39, 0.29) is 19.1 Å². The molecular weight excluding hydrogens is 244 g/mol. The smallest absolute Gasteiger partial charge is 0.253 e. The third-order valence-corrected chi connectivity index (χ3v) is 3.49. The van der Waals surface area contributed by atoms with Gasteiger partial charge in [-0.2, -0.15) is 0 Å². The minimum Gasteiger partial charge on any atom is -0.386 e. The number of para-hydroxylation sites is 1. The topological polar surface area (TPSA) is 74.3 Å². The maximum absolute atomic E-state index is 12.2. The molecule has 5 heteroatoms. The van der Waals surface area contributed by atoms with E-state index in [1.54, 1.807) is 12.3 Å². The van der Waals surface area contributed by atoms with Gasteiger partial charge >= 0.3 is 0 Å². The second-order valence-corrected chi connectivity index (χ2v) is 4.96. The second kappa shape index (κ2) is 4.68. The number of aromatic amines is 1. The van der Waals surface area contributed by atoms with Crippen molar-refractivity contribution >= 4 is 16.8 Å². The predicted molar refractivity (Wildman–Crippen MR) is 71.0 cm³/mol. The summed E-state index contributed by atoms with van der Waals surface area (Å²) in [7, 11) is 0. The molecule has 1 aromatic heterocycles. The third-order valence-electron chi connectivity index (χ3n) is 3.49. The van der Waals surface area contributed by atoms with Crippen molar-refractivity contribution in [1.82, 2.24) is 10.3 Å². The SMILES string of the molecule is O=C(NC[C@]1(O)CCOC1)c1cccc2cc[nH]c12. The summed E-state index contributed by atoms with van der Waals surface area (Å²) in [5.74, 6) is -0.187. The number of aromatic nitrogens is 1. The van der Waals surface area contributed by atoms with E-state index in [9.17, 15) is 9.90 Å². The number of rotatable bonds is 3. The fourth-order valence-corrected chi connectivity index (χ4v) is 2.35. The number of amides is 1. The van der Waals surface area contributed by atoms with Crippen molar-refractivity contribution in [2.75, 3.05) is 19.8 Å². The molecule has 1 saturated heterocycles. The molecule has 3 N–H and O–H groups in total. The maximum Gasteiger partial charge on any atom is 0.253 e. The quantitative estimate of drug-likeness (QED) is 0.772. The van der Waals surface area contributed by atoms with Crippen molar-refractivity contribution in [2.24, 2.45) is 0 Å². The number of nitrogens with one attached hydrogen (secondary N) is 2. The van der Waals surface area contributed by atoms with Gasteiger partial charge in [0.1, 0.15) is 5.60 Å². The molecule has 0 spiro atoms. The van der Waals surface area contributed by atoms with Gasteiger partial charge in [-0.25, -0.2) is 0 Å². The normalized spacial score (nSPS) is 22.8. The van der Waals surface area contributed by atoms with Gasteiger partial charge in [0.15, 0.2) is 0 Å². The minimum atomic E-state index is -0.931. The lowest BCUT2D eigenvalue weighted by molar-refractivity contribution is 0.0265. The Labute approximate surface area is 110 Å². The molecule has 0 unspecified atom stereocenters. The average Bonchev–Trinajstić information content (AvgIpc) is 3.04. The van der Waals surface area contributed by atoms with Crippen LogP contribution in [0.25, 0.3) is 10.9 Å². The molecular formula is C14H16N2O3. The standard InChI is InChI=1S/C14H16N2O3/c17-13(16-8-14(18)5-7-19-9-14)11-3-1-2-10-4-6-15-12(10)11/h1-4,6,15,18H,5,7-9H2,(H,16,17)/t14-/m1/s1. The maximum atomic E-state index is 12.2. The first-order valence-corrected chi connectivity index (χ1v) is 6.32. The Hall–Kier alpha value is -1.85. The first kappa shape index (κ1) is 12.2. The monoisotopic (exact) mass is 260 g/mol. The van der Waals surface area contributed by atoms with Gasteiger partial charge in [-0.3, -0.25) is 4.79 Å². The number of H-pyrrole nitrogens is 1. The highest BCUT2D eigenvalue weighted by Gasteiger charge is 2.32. The van der Waals surface area contributed by atoms with Gasteiger partial charge in [0.25, 0.3) is 5.91 Å². The summed E-state index contributed by atoms with van der Waals surface area (Å²) in [4.78, 5) is 15.2. The molecule has 0 bridgehead atoms. The molecule has 1 aromatic carbocycles. The fourth-order valence-electron chi connectivity index (χ4n) is 2.35. The molecule has 1 aliphatic rings. The van der Waals surface area contributed by atoms with Gasteiger partial charge in [0.2, 0.25) is 0 Å². The number of aliphatic hydroxyl groups is 1. The number of hydrogen-bond donors (Lipinski definition) is 3. The van der Waals surface area contributed by atoms with E-state index in [0.717, 1.165) is 10.9 Å². The van der Waals surface area contributed by atoms with Crippen molar-refractivity contribution in [3.8, 4) is 0 Å². The van der Waals surface area contributed by atoms with Gasteiger partial charge in [0, 0.05) is 31.2 Å². The number of ether oxygens (including phenoxy) is 1. The molecule has 1 aliphatic heterocycles. The summed E-state index contributed by atoms with van der Waals surface area (Å²) in [5.41, 5.74) is 0.471. The molecule has 2 heterocycles. The van der Waals surface area contributed by atoms with E-state index in [1.807, 2.05) is 18.2 Å². The van der Waals surface area contributed by atoms with Gasteiger partial charge in [-0.15, -0.1) is 0 Å². The zero-order chi connectivity index (χ0) is 13.3. The Morgan fingerprint density at radius 2 is 2.37 bits per heavy atom. The molecule has 2 aromatic rings. The van der Waals surface area contributed by atoms with Crippen molar-refractivity contribution in [3.63, 3.8) is 0 Å². The number of carbonyl (C=O) groups is 1. The van der Waals surface area contributed by atoms with Crippen LogP contribution in [0, 0.1) is 0 Å². The largest absolute Gasteiger partial charge is 0.386 e. The van der Waals surface area contributed by atoms with Crippen LogP contribution in [0.2, 0.25) is 0 Å². The molecule has 0 saturated carbocycles. The van der Waals surface area contributed by atoms with Crippen molar-refractivity contribution in [2.45, 2.75) is 12.0 Å². The zero-order valence-corrected chi connectivity index (χ0v) is 10.5. The van der Waals surface area contributed by atoms with Crippen LogP contribution < -0.4 is 5.32 Å². The average molecular weight is 260 g/mol. The summed E-state index contributed by atoms with van der Waals surface area (Å²) in [6, 6.07) is 7.48. The van der Waals surface area contributed by atoms with Gasteiger partial charge in [0.05, 0.1) is 17.7 Å². The molecule has 3 rings (SSSR count). The lowest BCUT2D eigenvalue weighted by Crippen LogP contribution is -2.43. The Kier molecular flexibility index (Phi) is 3.00. The molecule has 0 radical (unpaired) electrons. The van der Waals surface area contributed by atoms with Crippen LogP contribution in [0.5, 0.6) is 0 Å². The van der Waals surface area contributed by atoms with E-state index < -0.39 is 5.60 Å². The number of fused-ring (bicyclic) bond motifs is 1. The lowest BCUT2D eigenvalue weighted by Gasteiger charge is -2.20. The van der Waals surface area contributed by atoms with Gasteiger partial charge < -0.3 is 20.1 Å². The Bertz CT molecular complexity index is 600. The molecule has 1 fully saturated rings. The minimum absolute atomic E-state index is 0.187. The summed E-state index contributed by atoms with van der Waals surface area (Å²) in [6.07, 6.45) is 2.36. The molecule has 5 nitrogen and oxygen atoms in total. The summed E-state index contributed by atoms with van der Waals surface area (Å²) >= 11 is 0. The van der Waals surface area contributed by atoms with E-state index in [0.29, 0.717) is 18.6 Å². The van der Waals surface area contributed by atoms with Crippen LogP contribution in [0.1, 0.15) is 16.8 Å². The Morgan fingerprint density at radius 3 is 3.16 bits per heavy atom. The van der Waals surface area contributed by atoms with Crippen LogP contribution in [0.15, 0.2) is 30.5 Å². The van der Waals surface area contributed by atoms with Crippen LogP contribution in [-0.2, 0) is 4.74 Å². The number of benzene rings is 1. The van der Waals surface area contributed by atoms with Crippen LogP contribution in [-0.4, -0.2) is 41.4 Å². The number of carbonyl (C=O) groups excluding carboxylic acids is 1. The summed E-state index contributed by atoms with van der Waals surface area (Å²) in [6.45, 7) is 1.03. The van der Waals surface area contributed by atoms with E-state index in [1.165, 1.54) is 0 Å². The van der Waals surface area contributed by atoms with Gasteiger partial charge in [-0.1, -0.05) is 12.1 Å². The fraction of sp³-hybridized carbons (Fsp3) is 0.357. The first-order valence-electron chi connectivity index (χ1n) is 6.32. The summed E-state index contributed by atoms with van der Waals surface area (Å²) in [5, 5.41) is 13.9. The number of hydrogen-bond acceptors (Lipinski definition) is 3. The van der Waals surface area contributed by atoms with Crippen LogP contribution >= 0.6 is 0 Å². The lowest BCUT2D eigenvalue weighted by atomic mass is 10.0. The molecule has 0 aliphatic carbocycles. The van der Waals surface area contributed by atoms with Gasteiger partial charge in [-0.05, 0) is 12.1 Å². The first-order chi connectivity index (χ1) is 9.18. The highest BCUT2D eigenvalue weighted by atomic mass is 16.5. The highest BCUT2D eigenvalue weighted by molar-refractivity contribution is 6.05. The van der Waals surface area contributed by atoms with Crippen LogP contribution in [0.3, 0.4) is 0 Å². The second-order valence-electron chi connectivity index (χ2n) is 4.96. The highest BCUT2D eigenvalue weighted by Crippen LogP contribution is 2.19. The van der Waals surface area contributed by atoms with E-state index in [4.69, 9.17) is 4.74 Å². The van der Waals surface area contributed by atoms with Crippen molar-refractivity contribution in [3.05, 3.63) is 36.0 Å². The molecule has 1 atom stereocenters. The summed E-state index contributed by atoms with van der Waals surface area (Å²) < 4.78 is 5.15. The predicted octanol–water partition coefficient (Wildman–Crippen LogP) is 1.05. The third kappa shape index (κ3) is 2.34. The van der Waals surface area contributed by atoms with E-state index >= 15 is 0 Å². The van der Waals surface area contributed by atoms with E-state index in [2.05, 4.69) is 10.3 Å². The Morgan fingerprint density at radius 1 is 1.47 bits per heavy atom. The van der Waals surface area contributed by atoms with Crippen molar-refractivity contribution < 1.29 is 14.6 Å². The molecule has 19 heavy (non-hydrogen) atoms. The molecule has 1 amide bonds.